The van der Waals surface area contributed by atoms with Crippen LogP contribution in [0.3, 0.4) is 0 Å². The Bertz CT molecular complexity index is 1210. The molecule has 3 aromatic heterocycles. The minimum absolute atomic E-state index is 0.379. The van der Waals surface area contributed by atoms with Crippen LogP contribution >= 0.6 is 0 Å². The van der Waals surface area contributed by atoms with Gasteiger partial charge in [0.2, 0.25) is 0 Å². The minimum atomic E-state index is 0.379. The van der Waals surface area contributed by atoms with Gasteiger partial charge in [-0.25, -0.2) is 9.67 Å². The van der Waals surface area contributed by atoms with E-state index in [9.17, 15) is 0 Å². The second-order valence-electron chi connectivity index (χ2n) is 7.27. The Morgan fingerprint density at radius 1 is 1.10 bits per heavy atom. The number of anilines is 1. The number of aromatic nitrogens is 5. The summed E-state index contributed by atoms with van der Waals surface area (Å²) in [5.41, 5.74) is 13.5. The Balaban J connectivity index is 1.76. The summed E-state index contributed by atoms with van der Waals surface area (Å²) in [4.78, 5) is 4.38. The number of pyridine rings is 1. The van der Waals surface area contributed by atoms with Gasteiger partial charge in [0.05, 0.1) is 17.6 Å². The maximum Gasteiger partial charge on any atom is 0.166 e. The lowest BCUT2D eigenvalue weighted by Gasteiger charge is -2.17. The van der Waals surface area contributed by atoms with Crippen LogP contribution in [0, 0.1) is 6.92 Å². The van der Waals surface area contributed by atoms with Crippen molar-refractivity contribution < 1.29 is 4.74 Å². The van der Waals surface area contributed by atoms with E-state index in [0.29, 0.717) is 24.6 Å². The van der Waals surface area contributed by atoms with Gasteiger partial charge in [-0.15, -0.1) is 0 Å². The molecule has 5 rings (SSSR count). The second-order valence-corrected chi connectivity index (χ2v) is 7.27. The molecule has 0 atom stereocenters. The van der Waals surface area contributed by atoms with Crippen molar-refractivity contribution in [2.24, 2.45) is 0 Å². The maximum absolute atomic E-state index is 6.13. The molecular weight excluding hydrogens is 364 g/mol. The van der Waals surface area contributed by atoms with Crippen LogP contribution in [0.15, 0.2) is 48.9 Å². The van der Waals surface area contributed by atoms with Gasteiger partial charge in [-0.05, 0) is 32.0 Å². The summed E-state index contributed by atoms with van der Waals surface area (Å²) in [6.07, 6.45) is 6.26. The van der Waals surface area contributed by atoms with E-state index in [2.05, 4.69) is 53.3 Å². The highest BCUT2D eigenvalue weighted by Crippen LogP contribution is 2.32. The number of benzene rings is 1. The molecule has 2 bridgehead atoms. The molecule has 0 saturated carbocycles. The monoisotopic (exact) mass is 386 g/mol. The third-order valence-electron chi connectivity index (χ3n) is 5.31. The molecule has 0 saturated heterocycles. The molecule has 0 amide bonds. The van der Waals surface area contributed by atoms with E-state index in [4.69, 9.17) is 10.5 Å². The Kier molecular flexibility index (Phi) is 4.08. The summed E-state index contributed by atoms with van der Waals surface area (Å²) >= 11 is 0. The lowest BCUT2D eigenvalue weighted by atomic mass is 10.0. The number of hydrogen-bond donors (Lipinski definition) is 1. The second kappa shape index (κ2) is 6.77. The molecule has 1 aliphatic heterocycles. The smallest absolute Gasteiger partial charge is 0.166 e. The third-order valence-corrected chi connectivity index (χ3v) is 5.31. The van der Waals surface area contributed by atoms with Crippen molar-refractivity contribution in [1.82, 2.24) is 24.5 Å². The zero-order chi connectivity index (χ0) is 20.0. The molecule has 146 valence electrons. The van der Waals surface area contributed by atoms with Gasteiger partial charge in [-0.3, -0.25) is 4.68 Å². The summed E-state index contributed by atoms with van der Waals surface area (Å²) in [7, 11) is 0. The van der Waals surface area contributed by atoms with Crippen molar-refractivity contribution in [3.63, 3.8) is 0 Å². The zero-order valence-electron chi connectivity index (χ0n) is 16.5. The van der Waals surface area contributed by atoms with Crippen molar-refractivity contribution in [1.29, 1.82) is 0 Å². The first-order valence-electron chi connectivity index (χ1n) is 9.70. The van der Waals surface area contributed by atoms with Crippen LogP contribution in [-0.2, 0) is 19.6 Å². The SMILES string of the molecule is CCn1ncc2c1-c1cnc(N)c(c1)OCc1cc(C)ccc1-n1nccc1C2. The fourth-order valence-electron chi connectivity index (χ4n) is 3.90. The normalized spacial score (nSPS) is 12.8. The van der Waals surface area contributed by atoms with Gasteiger partial charge in [-0.1, -0.05) is 17.7 Å². The Hall–Kier alpha value is -3.61. The van der Waals surface area contributed by atoms with Crippen molar-refractivity contribution in [3.05, 3.63) is 71.3 Å². The standard InChI is InChI=1S/C22H22N6O/c1-3-27-21-15(12-26-27)9-18-6-7-25-28(18)19-5-4-14(2)8-17(19)13-29-20-10-16(21)11-24-22(20)23/h4-8,10-12H,3,9,13H2,1-2H3,(H2,23,24). The van der Waals surface area contributed by atoms with E-state index in [-0.39, 0.29) is 0 Å². The van der Waals surface area contributed by atoms with Crippen LogP contribution in [0.25, 0.3) is 16.9 Å². The lowest BCUT2D eigenvalue weighted by molar-refractivity contribution is 0.306. The summed E-state index contributed by atoms with van der Waals surface area (Å²) in [6.45, 7) is 5.29. The summed E-state index contributed by atoms with van der Waals surface area (Å²) in [5.74, 6) is 0.954. The number of nitrogen functional groups attached to an aromatic ring is 1. The molecule has 4 aromatic rings. The number of rotatable bonds is 1. The minimum Gasteiger partial charge on any atom is -0.485 e. The van der Waals surface area contributed by atoms with Gasteiger partial charge in [0, 0.05) is 47.7 Å². The van der Waals surface area contributed by atoms with Crippen LogP contribution in [0.5, 0.6) is 5.75 Å². The molecule has 29 heavy (non-hydrogen) atoms. The van der Waals surface area contributed by atoms with Gasteiger partial charge in [-0.2, -0.15) is 10.2 Å². The first kappa shape index (κ1) is 17.5. The molecule has 7 nitrogen and oxygen atoms in total. The van der Waals surface area contributed by atoms with Crippen molar-refractivity contribution in [2.45, 2.75) is 33.4 Å². The molecule has 0 aliphatic carbocycles. The molecule has 0 unspecified atom stereocenters. The van der Waals surface area contributed by atoms with Gasteiger partial charge < -0.3 is 10.5 Å². The number of ether oxygens (including phenoxy) is 1. The molecule has 1 aromatic carbocycles. The molecule has 0 fully saturated rings. The fourth-order valence-corrected chi connectivity index (χ4v) is 3.90. The number of hydrogen-bond acceptors (Lipinski definition) is 5. The Morgan fingerprint density at radius 2 is 2.00 bits per heavy atom. The summed E-state index contributed by atoms with van der Waals surface area (Å²) in [5, 5.41) is 9.18. The van der Waals surface area contributed by atoms with E-state index in [1.54, 1.807) is 6.20 Å². The topological polar surface area (TPSA) is 83.8 Å². The number of nitrogens with zero attached hydrogens (tertiary/aromatic N) is 5. The number of fused-ring (bicyclic) bond motifs is 7. The van der Waals surface area contributed by atoms with Crippen molar-refractivity contribution in [2.75, 3.05) is 5.73 Å². The zero-order valence-corrected chi connectivity index (χ0v) is 16.5. The van der Waals surface area contributed by atoms with Gasteiger partial charge in [0.1, 0.15) is 6.61 Å². The number of aryl methyl sites for hydroxylation is 2. The first-order valence-corrected chi connectivity index (χ1v) is 9.70. The van der Waals surface area contributed by atoms with E-state index in [1.165, 1.54) is 5.56 Å². The first-order chi connectivity index (χ1) is 14.1. The van der Waals surface area contributed by atoms with Crippen LogP contribution in [0.2, 0.25) is 0 Å². The van der Waals surface area contributed by atoms with E-state index in [1.807, 2.05) is 27.8 Å². The summed E-state index contributed by atoms with van der Waals surface area (Å²) in [6, 6.07) is 10.3. The van der Waals surface area contributed by atoms with E-state index in [0.717, 1.165) is 40.3 Å². The molecular formula is C22H22N6O. The fraction of sp³-hybridized carbons (Fsp3) is 0.227. The van der Waals surface area contributed by atoms with Crippen molar-refractivity contribution in [3.8, 4) is 22.7 Å². The van der Waals surface area contributed by atoms with Gasteiger partial charge in [0.25, 0.3) is 0 Å². The van der Waals surface area contributed by atoms with Crippen LogP contribution in [-0.4, -0.2) is 24.5 Å². The average molecular weight is 386 g/mol. The maximum atomic E-state index is 6.13. The highest BCUT2D eigenvalue weighted by Gasteiger charge is 2.19. The quantitative estimate of drug-likeness (QED) is 0.541. The molecule has 1 aliphatic rings. The molecule has 7 heteroatoms. The largest absolute Gasteiger partial charge is 0.485 e. The van der Waals surface area contributed by atoms with Gasteiger partial charge >= 0.3 is 0 Å². The van der Waals surface area contributed by atoms with E-state index < -0.39 is 0 Å². The predicted octanol–water partition coefficient (Wildman–Crippen LogP) is 3.52. The molecule has 4 heterocycles. The van der Waals surface area contributed by atoms with Gasteiger partial charge in [0.15, 0.2) is 11.6 Å². The molecule has 2 N–H and O–H groups in total. The summed E-state index contributed by atoms with van der Waals surface area (Å²) < 4.78 is 10.1. The lowest BCUT2D eigenvalue weighted by Crippen LogP contribution is -2.10. The predicted molar refractivity (Wildman–Crippen MR) is 111 cm³/mol. The average Bonchev–Trinajstić information content (AvgIpc) is 3.34. The van der Waals surface area contributed by atoms with E-state index >= 15 is 0 Å². The van der Waals surface area contributed by atoms with Crippen LogP contribution in [0.1, 0.15) is 29.3 Å². The molecule has 0 spiro atoms. The highest BCUT2D eigenvalue weighted by molar-refractivity contribution is 5.67. The Morgan fingerprint density at radius 3 is 2.86 bits per heavy atom. The van der Waals surface area contributed by atoms with Crippen LogP contribution in [0.4, 0.5) is 5.82 Å². The third kappa shape index (κ3) is 2.95. The number of nitrogens with two attached hydrogens (primary N) is 1. The highest BCUT2D eigenvalue weighted by atomic mass is 16.5. The van der Waals surface area contributed by atoms with Crippen LogP contribution < -0.4 is 10.5 Å². The Labute approximate surface area is 168 Å². The van der Waals surface area contributed by atoms with Crippen molar-refractivity contribution >= 4 is 5.82 Å². The molecule has 0 radical (unpaired) electrons.